The molecule has 272 valence electrons. The maximum atomic E-state index is 13.0. The average Bonchev–Trinajstić information content (AvgIpc) is 3.03. The molecule has 0 aromatic rings. The quantitative estimate of drug-likeness (QED) is 0.144. The first-order chi connectivity index (χ1) is 22.2. The molecule has 0 bridgehead atoms. The summed E-state index contributed by atoms with van der Waals surface area (Å²) in [5.41, 5.74) is -1.37. The van der Waals surface area contributed by atoms with Crippen LogP contribution >= 0.6 is 0 Å². The zero-order chi connectivity index (χ0) is 35.8. The molecule has 4 saturated carbocycles. The number of allylic oxidation sites excluding steroid dienone is 3. The lowest BCUT2D eigenvalue weighted by Gasteiger charge is -2.72. The van der Waals surface area contributed by atoms with Gasteiger partial charge >= 0.3 is 11.9 Å². The third-order valence-corrected chi connectivity index (χ3v) is 15.7. The second-order valence-corrected chi connectivity index (χ2v) is 18.3. The Kier molecular flexibility index (Phi) is 9.76. The van der Waals surface area contributed by atoms with Crippen molar-refractivity contribution in [1.29, 1.82) is 0 Å². The molecule has 5 rings (SSSR count). The van der Waals surface area contributed by atoms with Gasteiger partial charge in [0.2, 0.25) is 0 Å². The summed E-state index contributed by atoms with van der Waals surface area (Å²) in [6.45, 7) is 20.5. The predicted molar refractivity (Wildman–Crippen MR) is 184 cm³/mol. The Morgan fingerprint density at radius 3 is 2.21 bits per heavy atom. The van der Waals surface area contributed by atoms with Gasteiger partial charge in [-0.2, -0.15) is 0 Å². The van der Waals surface area contributed by atoms with E-state index in [-0.39, 0.29) is 59.7 Å². The average molecular weight is 673 g/mol. The topological polar surface area (TPSA) is 134 Å². The van der Waals surface area contributed by atoms with Crippen LogP contribution in [-0.2, 0) is 19.1 Å². The molecule has 13 atom stereocenters. The highest BCUT2D eigenvalue weighted by atomic mass is 16.5. The lowest BCUT2D eigenvalue weighted by atomic mass is 9.33. The summed E-state index contributed by atoms with van der Waals surface area (Å²) < 4.78 is 11.8. The van der Waals surface area contributed by atoms with E-state index in [0.29, 0.717) is 31.3 Å². The first-order valence-electron chi connectivity index (χ1n) is 18.6. The molecule has 0 aliphatic heterocycles. The molecule has 5 aliphatic rings. The minimum Gasteiger partial charge on any atom is -0.465 e. The van der Waals surface area contributed by atoms with Crippen molar-refractivity contribution in [3.63, 3.8) is 0 Å². The van der Waals surface area contributed by atoms with Gasteiger partial charge in [-0.05, 0) is 105 Å². The Bertz CT molecular complexity index is 1340. The number of hydrogen-bond acceptors (Lipinski definition) is 8. The van der Waals surface area contributed by atoms with E-state index >= 15 is 0 Å². The number of fused-ring (bicyclic) bond motifs is 7. The van der Waals surface area contributed by atoms with Crippen molar-refractivity contribution in [2.24, 2.45) is 56.2 Å². The van der Waals surface area contributed by atoms with Gasteiger partial charge in [-0.25, -0.2) is 4.79 Å². The van der Waals surface area contributed by atoms with Crippen LogP contribution < -0.4 is 0 Å². The molecule has 8 nitrogen and oxygen atoms in total. The van der Waals surface area contributed by atoms with E-state index in [9.17, 15) is 30.0 Å². The summed E-state index contributed by atoms with van der Waals surface area (Å²) in [6.07, 6.45) is 5.90. The first kappa shape index (κ1) is 37.5. The zero-order valence-electron chi connectivity index (χ0n) is 31.3. The van der Waals surface area contributed by atoms with Gasteiger partial charge in [0, 0.05) is 11.0 Å². The van der Waals surface area contributed by atoms with E-state index in [1.54, 1.807) is 13.0 Å². The molecule has 0 saturated heterocycles. The molecule has 4 N–H and O–H groups in total. The third-order valence-electron chi connectivity index (χ3n) is 15.7. The second kappa shape index (κ2) is 12.5. The van der Waals surface area contributed by atoms with Gasteiger partial charge in [0.15, 0.2) is 0 Å². The summed E-state index contributed by atoms with van der Waals surface area (Å²) >= 11 is 0. The van der Waals surface area contributed by atoms with E-state index in [1.165, 1.54) is 5.57 Å². The van der Waals surface area contributed by atoms with E-state index in [0.717, 1.165) is 25.7 Å². The Morgan fingerprint density at radius 1 is 0.917 bits per heavy atom. The van der Waals surface area contributed by atoms with Crippen LogP contribution in [0.4, 0.5) is 0 Å². The maximum Gasteiger partial charge on any atom is 0.333 e. The molecule has 0 radical (unpaired) electrons. The number of carbonyl (C=O) groups excluding carboxylic acids is 2. The Labute approximate surface area is 288 Å². The van der Waals surface area contributed by atoms with Gasteiger partial charge in [-0.15, -0.1) is 0 Å². The van der Waals surface area contributed by atoms with Crippen LogP contribution in [0.25, 0.3) is 0 Å². The molecule has 0 spiro atoms. The van der Waals surface area contributed by atoms with Gasteiger partial charge in [-0.1, -0.05) is 73.1 Å². The first-order valence-corrected chi connectivity index (χ1v) is 18.6. The van der Waals surface area contributed by atoms with Crippen LogP contribution in [0.3, 0.4) is 0 Å². The minimum atomic E-state index is -1.26. The number of rotatable bonds is 7. The molecule has 4 fully saturated rings. The van der Waals surface area contributed by atoms with Crippen LogP contribution in [0.1, 0.15) is 121 Å². The molecular formula is C40H64O8. The van der Waals surface area contributed by atoms with Crippen LogP contribution in [0.5, 0.6) is 0 Å². The number of aliphatic hydroxyl groups is 4. The summed E-state index contributed by atoms with van der Waals surface area (Å²) in [5.74, 6) is -0.862. The minimum absolute atomic E-state index is 0.134. The third kappa shape index (κ3) is 5.20. The smallest absolute Gasteiger partial charge is 0.333 e. The summed E-state index contributed by atoms with van der Waals surface area (Å²) in [6, 6.07) is 0. The van der Waals surface area contributed by atoms with E-state index in [1.807, 2.05) is 34.6 Å². The number of hydrogen-bond donors (Lipinski definition) is 4. The highest BCUT2D eigenvalue weighted by molar-refractivity contribution is 5.87. The van der Waals surface area contributed by atoms with Crippen LogP contribution in [-0.4, -0.2) is 70.0 Å². The maximum absolute atomic E-state index is 13.0. The molecule has 0 aromatic carbocycles. The van der Waals surface area contributed by atoms with Crippen molar-refractivity contribution in [3.05, 3.63) is 23.3 Å². The SMILES string of the molecule is C/C=C(\C)C(=O)OC[C@]1(C)C2CC[C@]3(C)C(CC=C4C5CC(C)(C)[C@@H](O)[C@H](O)[C@]5(COC(=O)C(C)CC)[C@H](O)C[C@]43C)[C@@]2(C)CC[C@@H]1O. The number of esters is 2. The van der Waals surface area contributed by atoms with Gasteiger partial charge < -0.3 is 29.9 Å². The molecule has 48 heavy (non-hydrogen) atoms. The Morgan fingerprint density at radius 2 is 1.58 bits per heavy atom. The van der Waals surface area contributed by atoms with E-state index in [2.05, 4.69) is 33.8 Å². The molecular weight excluding hydrogens is 608 g/mol. The van der Waals surface area contributed by atoms with Crippen LogP contribution in [0.15, 0.2) is 23.3 Å². The lowest BCUT2D eigenvalue weighted by molar-refractivity contribution is -0.261. The summed E-state index contributed by atoms with van der Waals surface area (Å²) in [7, 11) is 0. The zero-order valence-corrected chi connectivity index (χ0v) is 31.3. The molecule has 0 amide bonds. The second-order valence-electron chi connectivity index (χ2n) is 18.3. The Balaban J connectivity index is 1.55. The standard InChI is InChI=1S/C40H64O8/c1-11-23(3)33(45)47-21-37(8)27-15-18-38(9)28(36(27,7)17-16-29(37)41)14-13-25-26-19-35(5,6)31(43)32(44)40(26,30(42)20-39(25,38)10)22-48-34(46)24(4)12-2/h11,13,24,26-32,41-44H,12,14-22H2,1-10H3/b23-11+/t24?,26?,27?,28?,29-,30+,31-,32-,36-,37+,38+,39+,40-/m0/s1. The number of carbonyl (C=O) groups is 2. The van der Waals surface area contributed by atoms with Crippen molar-refractivity contribution in [3.8, 4) is 0 Å². The fraction of sp³-hybridized carbons (Fsp3) is 0.850. The molecule has 0 heterocycles. The van der Waals surface area contributed by atoms with Crippen molar-refractivity contribution in [2.75, 3.05) is 13.2 Å². The fourth-order valence-electron chi connectivity index (χ4n) is 11.8. The van der Waals surface area contributed by atoms with E-state index in [4.69, 9.17) is 9.47 Å². The molecule has 0 aromatic heterocycles. The van der Waals surface area contributed by atoms with E-state index < -0.39 is 46.1 Å². The fourth-order valence-corrected chi connectivity index (χ4v) is 11.8. The molecule has 8 heteroatoms. The highest BCUT2D eigenvalue weighted by Gasteiger charge is 2.72. The normalized spacial score (nSPS) is 47.3. The van der Waals surface area contributed by atoms with Gasteiger partial charge in [-0.3, -0.25) is 4.79 Å². The highest BCUT2D eigenvalue weighted by Crippen LogP contribution is 2.75. The predicted octanol–water partition coefficient (Wildman–Crippen LogP) is 6.14. The van der Waals surface area contributed by atoms with Crippen molar-refractivity contribution in [1.82, 2.24) is 0 Å². The summed E-state index contributed by atoms with van der Waals surface area (Å²) in [5, 5.41) is 47.2. The summed E-state index contributed by atoms with van der Waals surface area (Å²) in [4.78, 5) is 25.7. The molecule has 5 aliphatic carbocycles. The lowest BCUT2D eigenvalue weighted by Crippen LogP contribution is -2.72. The molecule has 4 unspecified atom stereocenters. The van der Waals surface area contributed by atoms with Crippen molar-refractivity contribution >= 4 is 11.9 Å². The monoisotopic (exact) mass is 672 g/mol. The number of ether oxygens (including phenoxy) is 2. The number of aliphatic hydroxyl groups excluding tert-OH is 4. The van der Waals surface area contributed by atoms with Crippen LogP contribution in [0, 0.1) is 56.2 Å². The van der Waals surface area contributed by atoms with Crippen molar-refractivity contribution < 1.29 is 39.5 Å². The van der Waals surface area contributed by atoms with Gasteiger partial charge in [0.1, 0.15) is 6.61 Å². The van der Waals surface area contributed by atoms with Crippen molar-refractivity contribution in [2.45, 2.75) is 145 Å². The largest absolute Gasteiger partial charge is 0.465 e. The van der Waals surface area contributed by atoms with Gasteiger partial charge in [0.25, 0.3) is 0 Å². The van der Waals surface area contributed by atoms with Crippen LogP contribution in [0.2, 0.25) is 0 Å². The Hall–Kier alpha value is -1.74. The van der Waals surface area contributed by atoms with Gasteiger partial charge in [0.05, 0.1) is 42.4 Å².